The van der Waals surface area contributed by atoms with Crippen molar-refractivity contribution in [2.75, 3.05) is 13.1 Å². The second kappa shape index (κ2) is 3.97. The van der Waals surface area contributed by atoms with Crippen molar-refractivity contribution in [2.24, 2.45) is 5.92 Å². The summed E-state index contributed by atoms with van der Waals surface area (Å²) < 4.78 is 0. The van der Waals surface area contributed by atoms with Gasteiger partial charge in [0.25, 0.3) is 0 Å². The van der Waals surface area contributed by atoms with Gasteiger partial charge >= 0.3 is 0 Å². The summed E-state index contributed by atoms with van der Waals surface area (Å²) in [7, 11) is 0. The third-order valence-corrected chi connectivity index (χ3v) is 3.77. The maximum atomic E-state index is 3.58. The lowest BCUT2D eigenvalue weighted by atomic mass is 9.90. The van der Waals surface area contributed by atoms with Crippen LogP contribution in [0.4, 0.5) is 0 Å². The van der Waals surface area contributed by atoms with Crippen LogP contribution in [0.2, 0.25) is 0 Å². The van der Waals surface area contributed by atoms with Gasteiger partial charge in [-0.15, -0.1) is 0 Å². The van der Waals surface area contributed by atoms with Gasteiger partial charge in [0.1, 0.15) is 0 Å². The van der Waals surface area contributed by atoms with E-state index in [1.165, 1.54) is 32.2 Å². The molecule has 0 saturated heterocycles. The van der Waals surface area contributed by atoms with Crippen LogP contribution in [0.1, 0.15) is 36.3 Å². The van der Waals surface area contributed by atoms with Crippen LogP contribution in [-0.2, 0) is 6.42 Å². The molecule has 2 aliphatic rings. The topological polar surface area (TPSA) is 12.0 Å². The molecule has 1 aromatic carbocycles. The molecule has 15 heavy (non-hydrogen) atoms. The van der Waals surface area contributed by atoms with E-state index in [2.05, 4.69) is 29.6 Å². The summed E-state index contributed by atoms with van der Waals surface area (Å²) in [6.45, 7) is 2.34. The van der Waals surface area contributed by atoms with Gasteiger partial charge in [0.15, 0.2) is 0 Å². The number of rotatable bonds is 2. The third kappa shape index (κ3) is 2.07. The summed E-state index contributed by atoms with van der Waals surface area (Å²) in [6.07, 6.45) is 5.55. The maximum absolute atomic E-state index is 3.58. The Hall–Kier alpha value is -0.820. The van der Waals surface area contributed by atoms with E-state index < -0.39 is 0 Å². The standard InChI is InChI=1S/C14H19N/c1-2-4-14-12(3-1)7-8-15-10-13(14)9-11-5-6-11/h1-4,11,13,15H,5-10H2. The molecule has 0 bridgehead atoms. The molecule has 1 aliphatic heterocycles. The van der Waals surface area contributed by atoms with Crippen molar-refractivity contribution < 1.29 is 0 Å². The molecule has 0 amide bonds. The van der Waals surface area contributed by atoms with Crippen LogP contribution < -0.4 is 5.32 Å². The van der Waals surface area contributed by atoms with Crippen molar-refractivity contribution in [2.45, 2.75) is 31.6 Å². The van der Waals surface area contributed by atoms with Crippen molar-refractivity contribution in [3.63, 3.8) is 0 Å². The molecule has 1 unspecified atom stereocenters. The Kier molecular flexibility index (Phi) is 2.49. The predicted octanol–water partition coefficient (Wildman–Crippen LogP) is 2.72. The summed E-state index contributed by atoms with van der Waals surface area (Å²) in [6, 6.07) is 9.03. The van der Waals surface area contributed by atoms with Crippen molar-refractivity contribution in [3.05, 3.63) is 35.4 Å². The minimum absolute atomic E-state index is 0.774. The number of hydrogen-bond acceptors (Lipinski definition) is 1. The van der Waals surface area contributed by atoms with Crippen molar-refractivity contribution in [1.82, 2.24) is 5.32 Å². The van der Waals surface area contributed by atoms with E-state index in [9.17, 15) is 0 Å². The molecule has 1 atom stereocenters. The Labute approximate surface area is 91.9 Å². The SMILES string of the molecule is c1ccc2c(c1)CCNCC2CC1CC1. The Morgan fingerprint density at radius 1 is 1.20 bits per heavy atom. The molecule has 1 heteroatoms. The average Bonchev–Trinajstić information content (AvgIpc) is 3.07. The number of benzene rings is 1. The molecule has 0 spiro atoms. The van der Waals surface area contributed by atoms with Crippen LogP contribution in [0, 0.1) is 5.92 Å². The highest BCUT2D eigenvalue weighted by molar-refractivity contribution is 5.32. The third-order valence-electron chi connectivity index (χ3n) is 3.77. The zero-order valence-electron chi connectivity index (χ0n) is 9.21. The summed E-state index contributed by atoms with van der Waals surface area (Å²) in [4.78, 5) is 0. The summed E-state index contributed by atoms with van der Waals surface area (Å²) in [5, 5.41) is 3.58. The monoisotopic (exact) mass is 201 g/mol. The first-order valence-corrected chi connectivity index (χ1v) is 6.22. The van der Waals surface area contributed by atoms with Gasteiger partial charge in [-0.3, -0.25) is 0 Å². The first kappa shape index (κ1) is 9.41. The maximum Gasteiger partial charge on any atom is 0.00204 e. The number of fused-ring (bicyclic) bond motifs is 1. The molecule has 1 N–H and O–H groups in total. The summed E-state index contributed by atoms with van der Waals surface area (Å²) in [5.41, 5.74) is 3.20. The fourth-order valence-electron chi connectivity index (χ4n) is 2.74. The minimum atomic E-state index is 0.774. The Morgan fingerprint density at radius 3 is 2.93 bits per heavy atom. The molecule has 1 aromatic rings. The van der Waals surface area contributed by atoms with E-state index in [0.717, 1.165) is 18.4 Å². The quantitative estimate of drug-likeness (QED) is 0.775. The first-order valence-electron chi connectivity index (χ1n) is 6.22. The molecule has 80 valence electrons. The predicted molar refractivity (Wildman–Crippen MR) is 63.1 cm³/mol. The minimum Gasteiger partial charge on any atom is -0.316 e. The van der Waals surface area contributed by atoms with E-state index in [-0.39, 0.29) is 0 Å². The van der Waals surface area contributed by atoms with Gasteiger partial charge in [-0.2, -0.15) is 0 Å². The van der Waals surface area contributed by atoms with E-state index in [1.54, 1.807) is 11.1 Å². The Bertz CT molecular complexity index is 341. The number of hydrogen-bond donors (Lipinski definition) is 1. The smallest absolute Gasteiger partial charge is 0.00204 e. The van der Waals surface area contributed by atoms with Gasteiger partial charge in [-0.1, -0.05) is 37.1 Å². The van der Waals surface area contributed by atoms with Crippen LogP contribution in [0.15, 0.2) is 24.3 Å². The molecule has 3 rings (SSSR count). The molecule has 1 nitrogen and oxygen atoms in total. The van der Waals surface area contributed by atoms with Crippen LogP contribution in [-0.4, -0.2) is 13.1 Å². The van der Waals surface area contributed by atoms with Crippen LogP contribution >= 0.6 is 0 Å². The van der Waals surface area contributed by atoms with Crippen molar-refractivity contribution >= 4 is 0 Å². The highest BCUT2D eigenvalue weighted by Crippen LogP contribution is 2.39. The lowest BCUT2D eigenvalue weighted by Crippen LogP contribution is -2.20. The van der Waals surface area contributed by atoms with Crippen molar-refractivity contribution in [3.8, 4) is 0 Å². The highest BCUT2D eigenvalue weighted by Gasteiger charge is 2.27. The van der Waals surface area contributed by atoms with Gasteiger partial charge in [0.2, 0.25) is 0 Å². The normalized spacial score (nSPS) is 25.7. The van der Waals surface area contributed by atoms with E-state index in [4.69, 9.17) is 0 Å². The fraction of sp³-hybridized carbons (Fsp3) is 0.571. The van der Waals surface area contributed by atoms with Crippen LogP contribution in [0.25, 0.3) is 0 Å². The zero-order valence-corrected chi connectivity index (χ0v) is 9.21. The van der Waals surface area contributed by atoms with E-state index in [0.29, 0.717) is 0 Å². The molecular formula is C14H19N. The summed E-state index contributed by atoms with van der Waals surface area (Å²) >= 11 is 0. The second-order valence-corrected chi connectivity index (χ2v) is 5.03. The lowest BCUT2D eigenvalue weighted by Gasteiger charge is -2.17. The lowest BCUT2D eigenvalue weighted by molar-refractivity contribution is 0.540. The zero-order chi connectivity index (χ0) is 10.1. The van der Waals surface area contributed by atoms with E-state index in [1.807, 2.05) is 0 Å². The van der Waals surface area contributed by atoms with Gasteiger partial charge in [-0.25, -0.2) is 0 Å². The van der Waals surface area contributed by atoms with Gasteiger partial charge in [0.05, 0.1) is 0 Å². The molecule has 1 aliphatic carbocycles. The van der Waals surface area contributed by atoms with Crippen LogP contribution in [0.3, 0.4) is 0 Å². The van der Waals surface area contributed by atoms with Gasteiger partial charge in [-0.05, 0) is 42.3 Å². The summed E-state index contributed by atoms with van der Waals surface area (Å²) in [5.74, 6) is 1.80. The average molecular weight is 201 g/mol. The molecule has 0 aromatic heterocycles. The molecule has 0 radical (unpaired) electrons. The second-order valence-electron chi connectivity index (χ2n) is 5.03. The Morgan fingerprint density at radius 2 is 2.07 bits per heavy atom. The molecule has 1 heterocycles. The highest BCUT2D eigenvalue weighted by atomic mass is 14.9. The largest absolute Gasteiger partial charge is 0.316 e. The van der Waals surface area contributed by atoms with Crippen LogP contribution in [0.5, 0.6) is 0 Å². The van der Waals surface area contributed by atoms with Gasteiger partial charge < -0.3 is 5.32 Å². The Balaban J connectivity index is 1.86. The van der Waals surface area contributed by atoms with E-state index >= 15 is 0 Å². The van der Waals surface area contributed by atoms with Crippen molar-refractivity contribution in [1.29, 1.82) is 0 Å². The fourth-order valence-corrected chi connectivity index (χ4v) is 2.74. The molecule has 1 fully saturated rings. The molecular weight excluding hydrogens is 182 g/mol. The van der Waals surface area contributed by atoms with Gasteiger partial charge in [0, 0.05) is 6.54 Å². The molecule has 1 saturated carbocycles. The first-order chi connectivity index (χ1) is 7.43. The number of nitrogens with one attached hydrogen (secondary N) is 1.